The van der Waals surface area contributed by atoms with Gasteiger partial charge in [0.2, 0.25) is 5.91 Å². The Morgan fingerprint density at radius 3 is 2.70 bits per heavy atom. The van der Waals surface area contributed by atoms with Gasteiger partial charge in [0.25, 0.3) is 0 Å². The Bertz CT molecular complexity index is 697. The van der Waals surface area contributed by atoms with Crippen molar-refractivity contribution in [1.82, 2.24) is 14.9 Å². The number of aryl methyl sites for hydroxylation is 1. The molecule has 1 amide bonds. The molecule has 0 N–H and O–H groups in total. The number of rotatable bonds is 4. The first kappa shape index (κ1) is 14.4. The lowest BCUT2D eigenvalue weighted by atomic mass is 9.86. The monoisotopic (exact) mass is 307 g/mol. The van der Waals surface area contributed by atoms with Crippen LogP contribution in [-0.4, -0.2) is 26.8 Å². The molecule has 0 bridgehead atoms. The molecule has 0 saturated heterocycles. The van der Waals surface area contributed by atoms with Crippen LogP contribution in [0.15, 0.2) is 43.0 Å². The molecule has 23 heavy (non-hydrogen) atoms. The van der Waals surface area contributed by atoms with Crippen LogP contribution in [-0.2, 0) is 17.6 Å². The Morgan fingerprint density at radius 2 is 1.91 bits per heavy atom. The molecule has 0 spiro atoms. The van der Waals surface area contributed by atoms with Gasteiger partial charge in [-0.25, -0.2) is 9.97 Å². The van der Waals surface area contributed by atoms with Gasteiger partial charge in [-0.1, -0.05) is 24.3 Å². The molecule has 0 radical (unpaired) electrons. The second-order valence-electron chi connectivity index (χ2n) is 6.56. The summed E-state index contributed by atoms with van der Waals surface area (Å²) in [4.78, 5) is 23.2. The first-order chi connectivity index (χ1) is 11.3. The van der Waals surface area contributed by atoms with Crippen molar-refractivity contribution < 1.29 is 4.79 Å². The number of fused-ring (bicyclic) bond motifs is 1. The molecule has 4 nitrogen and oxygen atoms in total. The quantitative estimate of drug-likeness (QED) is 0.872. The van der Waals surface area contributed by atoms with Crippen LogP contribution in [0.5, 0.6) is 0 Å². The molecule has 1 aromatic heterocycles. The summed E-state index contributed by atoms with van der Waals surface area (Å²) in [6.07, 6.45) is 11.0. The fourth-order valence-electron chi connectivity index (χ4n) is 3.69. The highest BCUT2D eigenvalue weighted by Gasteiger charge is 2.39. The summed E-state index contributed by atoms with van der Waals surface area (Å²) in [7, 11) is 0. The van der Waals surface area contributed by atoms with Gasteiger partial charge in [-0.05, 0) is 48.8 Å². The lowest BCUT2D eigenvalue weighted by Crippen LogP contribution is -2.39. The summed E-state index contributed by atoms with van der Waals surface area (Å²) in [5, 5.41) is 0. The molecule has 1 saturated carbocycles. The third-order valence-corrected chi connectivity index (χ3v) is 4.87. The topological polar surface area (TPSA) is 46.1 Å². The van der Waals surface area contributed by atoms with Crippen molar-refractivity contribution in [1.29, 1.82) is 0 Å². The molecule has 1 heterocycles. The van der Waals surface area contributed by atoms with E-state index in [0.29, 0.717) is 12.5 Å². The van der Waals surface area contributed by atoms with Crippen molar-refractivity contribution in [3.63, 3.8) is 0 Å². The van der Waals surface area contributed by atoms with Crippen LogP contribution < -0.4 is 0 Å². The van der Waals surface area contributed by atoms with Crippen molar-refractivity contribution in [2.45, 2.75) is 50.6 Å². The Labute approximate surface area is 136 Å². The second kappa shape index (κ2) is 6.11. The maximum absolute atomic E-state index is 13.0. The fraction of sp³-hybridized carbons (Fsp3) is 0.421. The number of hydrogen-bond donors (Lipinski definition) is 0. The number of aromatic nitrogens is 2. The first-order valence-corrected chi connectivity index (χ1v) is 8.46. The molecule has 2 aromatic rings. The Balaban J connectivity index is 1.60. The molecular formula is C19H21N3O. The Hall–Kier alpha value is -2.23. The third-order valence-electron chi connectivity index (χ3n) is 4.87. The van der Waals surface area contributed by atoms with E-state index >= 15 is 0 Å². The largest absolute Gasteiger partial charge is 0.332 e. The Morgan fingerprint density at radius 1 is 1.13 bits per heavy atom. The number of carbonyl (C=O) groups is 1. The van der Waals surface area contributed by atoms with Gasteiger partial charge in [-0.3, -0.25) is 4.79 Å². The van der Waals surface area contributed by atoms with Gasteiger partial charge in [-0.2, -0.15) is 0 Å². The van der Waals surface area contributed by atoms with Gasteiger partial charge in [0, 0.05) is 18.4 Å². The van der Waals surface area contributed by atoms with E-state index < -0.39 is 0 Å². The van der Waals surface area contributed by atoms with E-state index in [0.717, 1.165) is 37.7 Å². The highest BCUT2D eigenvalue weighted by Crippen LogP contribution is 2.41. The molecule has 4 rings (SSSR count). The minimum atomic E-state index is 0.212. The zero-order valence-electron chi connectivity index (χ0n) is 13.2. The van der Waals surface area contributed by atoms with Gasteiger partial charge < -0.3 is 4.90 Å². The maximum Gasteiger partial charge on any atom is 0.227 e. The van der Waals surface area contributed by atoms with Crippen LogP contribution in [0.25, 0.3) is 0 Å². The molecule has 1 aromatic carbocycles. The van der Waals surface area contributed by atoms with Crippen LogP contribution in [0, 0.1) is 0 Å². The Kier molecular flexibility index (Phi) is 3.82. The number of amides is 1. The average molecular weight is 307 g/mol. The summed E-state index contributed by atoms with van der Waals surface area (Å²) >= 11 is 0. The average Bonchev–Trinajstić information content (AvgIpc) is 3.41. The second-order valence-corrected chi connectivity index (χ2v) is 6.56. The standard InChI is InChI=1S/C19H21N3O/c23-19(10-14-11-20-13-21-12-14)22(16-8-9-16)18-7-3-5-15-4-1-2-6-17(15)18/h1-2,4,6,11-13,16,18H,3,5,7-10H2/t18-/m1/s1. The zero-order chi connectivity index (χ0) is 15.6. The summed E-state index contributed by atoms with van der Waals surface area (Å²) < 4.78 is 0. The molecule has 1 fully saturated rings. The normalized spacial score (nSPS) is 19.9. The van der Waals surface area contributed by atoms with Gasteiger partial charge >= 0.3 is 0 Å². The lowest BCUT2D eigenvalue weighted by molar-refractivity contribution is -0.134. The SMILES string of the molecule is O=C(Cc1cncnc1)N(C1CC1)[C@@H]1CCCc2ccccc21. The lowest BCUT2D eigenvalue weighted by Gasteiger charge is -2.36. The van der Waals surface area contributed by atoms with E-state index in [1.165, 1.54) is 17.5 Å². The molecule has 0 unspecified atom stereocenters. The fourth-order valence-corrected chi connectivity index (χ4v) is 3.69. The number of carbonyl (C=O) groups excluding carboxylic acids is 1. The highest BCUT2D eigenvalue weighted by molar-refractivity contribution is 5.80. The van der Waals surface area contributed by atoms with E-state index in [1.807, 2.05) is 0 Å². The van der Waals surface area contributed by atoms with Gasteiger partial charge in [-0.15, -0.1) is 0 Å². The van der Waals surface area contributed by atoms with Crippen molar-refractivity contribution in [3.8, 4) is 0 Å². The van der Waals surface area contributed by atoms with Gasteiger partial charge in [0.1, 0.15) is 6.33 Å². The number of nitrogens with zero attached hydrogens (tertiary/aromatic N) is 3. The predicted octanol–water partition coefficient (Wildman–Crippen LogP) is 3.09. The number of hydrogen-bond acceptors (Lipinski definition) is 3. The predicted molar refractivity (Wildman–Crippen MR) is 87.7 cm³/mol. The van der Waals surface area contributed by atoms with Crippen LogP contribution in [0.4, 0.5) is 0 Å². The van der Waals surface area contributed by atoms with Gasteiger partial charge in [0.15, 0.2) is 0 Å². The molecule has 0 aliphatic heterocycles. The van der Waals surface area contributed by atoms with E-state index in [1.54, 1.807) is 12.4 Å². The molecule has 2 aliphatic rings. The van der Waals surface area contributed by atoms with E-state index in [-0.39, 0.29) is 11.9 Å². The first-order valence-electron chi connectivity index (χ1n) is 8.46. The van der Waals surface area contributed by atoms with Crippen LogP contribution in [0.2, 0.25) is 0 Å². The summed E-state index contributed by atoms with van der Waals surface area (Å²) in [6.45, 7) is 0. The van der Waals surface area contributed by atoms with Gasteiger partial charge in [0.05, 0.1) is 12.5 Å². The summed E-state index contributed by atoms with van der Waals surface area (Å²) in [5.41, 5.74) is 3.65. The molecule has 1 atom stereocenters. The number of benzene rings is 1. The van der Waals surface area contributed by atoms with E-state index in [4.69, 9.17) is 0 Å². The smallest absolute Gasteiger partial charge is 0.227 e. The van der Waals surface area contributed by atoms with Crippen molar-refractivity contribution in [3.05, 3.63) is 59.7 Å². The summed E-state index contributed by atoms with van der Waals surface area (Å²) in [5.74, 6) is 0.212. The minimum absolute atomic E-state index is 0.212. The third kappa shape index (κ3) is 2.98. The maximum atomic E-state index is 13.0. The minimum Gasteiger partial charge on any atom is -0.332 e. The van der Waals surface area contributed by atoms with E-state index in [9.17, 15) is 4.79 Å². The van der Waals surface area contributed by atoms with Crippen LogP contribution >= 0.6 is 0 Å². The molecule has 118 valence electrons. The molecule has 2 aliphatic carbocycles. The zero-order valence-corrected chi connectivity index (χ0v) is 13.2. The van der Waals surface area contributed by atoms with Crippen LogP contribution in [0.3, 0.4) is 0 Å². The summed E-state index contributed by atoms with van der Waals surface area (Å²) in [6, 6.07) is 9.27. The molecular weight excluding hydrogens is 286 g/mol. The van der Waals surface area contributed by atoms with Crippen molar-refractivity contribution in [2.24, 2.45) is 0 Å². The van der Waals surface area contributed by atoms with E-state index in [2.05, 4.69) is 39.1 Å². The molecule has 4 heteroatoms. The van der Waals surface area contributed by atoms with Crippen LogP contribution in [0.1, 0.15) is 48.4 Å². The highest BCUT2D eigenvalue weighted by atomic mass is 16.2. The van der Waals surface area contributed by atoms with Crippen molar-refractivity contribution >= 4 is 5.91 Å². The van der Waals surface area contributed by atoms with Crippen molar-refractivity contribution in [2.75, 3.05) is 0 Å².